The predicted molar refractivity (Wildman–Crippen MR) is 115 cm³/mol. The summed E-state index contributed by atoms with van der Waals surface area (Å²) in [5, 5.41) is 4.09. The summed E-state index contributed by atoms with van der Waals surface area (Å²) in [5.74, 6) is 0.465. The number of likely N-dealkylation sites (tertiary alicyclic amines) is 1. The van der Waals surface area contributed by atoms with Crippen LogP contribution in [0.1, 0.15) is 23.2 Å². The largest absolute Gasteiger partial charge is 0.494 e. The lowest BCUT2D eigenvalue weighted by Gasteiger charge is -2.31. The van der Waals surface area contributed by atoms with Crippen LogP contribution in [0.15, 0.2) is 42.5 Å². The van der Waals surface area contributed by atoms with Gasteiger partial charge < -0.3 is 15.0 Å². The summed E-state index contributed by atoms with van der Waals surface area (Å²) in [6.07, 6.45) is 1.25. The Morgan fingerprint density at radius 3 is 2.59 bits per heavy atom. The summed E-state index contributed by atoms with van der Waals surface area (Å²) in [7, 11) is 1.60. The fourth-order valence-corrected chi connectivity index (χ4v) is 4.48. The van der Waals surface area contributed by atoms with Crippen LogP contribution in [-0.2, 0) is 4.79 Å². The SMILES string of the molecule is COc1cccc2sc(NC(=O)C3CCN(C(=O)c4ccc(Cl)cc4)CC3)nc12. The molecule has 2 amide bonds. The summed E-state index contributed by atoms with van der Waals surface area (Å²) < 4.78 is 6.29. The Balaban J connectivity index is 1.37. The van der Waals surface area contributed by atoms with Crippen LogP contribution in [0.5, 0.6) is 5.75 Å². The lowest BCUT2D eigenvalue weighted by molar-refractivity contribution is -0.121. The quantitative estimate of drug-likeness (QED) is 0.665. The van der Waals surface area contributed by atoms with E-state index in [9.17, 15) is 9.59 Å². The molecule has 0 spiro atoms. The molecule has 1 aliphatic rings. The molecule has 2 aromatic carbocycles. The Hall–Kier alpha value is -2.64. The molecule has 1 aromatic heterocycles. The third-order valence-electron chi connectivity index (χ3n) is 5.08. The van der Waals surface area contributed by atoms with Gasteiger partial charge in [-0.3, -0.25) is 9.59 Å². The molecule has 1 fully saturated rings. The van der Waals surface area contributed by atoms with Crippen molar-refractivity contribution < 1.29 is 14.3 Å². The standard InChI is InChI=1S/C21H20ClN3O3S/c1-28-16-3-2-4-17-18(16)23-21(29-17)24-19(26)13-9-11-25(12-10-13)20(27)14-5-7-15(22)8-6-14/h2-8,13H,9-12H2,1H3,(H,23,24,26). The molecule has 0 aliphatic carbocycles. The van der Waals surface area contributed by atoms with E-state index in [0.717, 1.165) is 10.2 Å². The fourth-order valence-electron chi connectivity index (χ4n) is 3.47. The van der Waals surface area contributed by atoms with Gasteiger partial charge in [-0.15, -0.1) is 0 Å². The van der Waals surface area contributed by atoms with Gasteiger partial charge in [-0.1, -0.05) is 29.0 Å². The van der Waals surface area contributed by atoms with Gasteiger partial charge in [-0.2, -0.15) is 0 Å². The minimum absolute atomic E-state index is 0.0289. The lowest BCUT2D eigenvalue weighted by Crippen LogP contribution is -2.41. The van der Waals surface area contributed by atoms with E-state index in [-0.39, 0.29) is 17.7 Å². The Morgan fingerprint density at radius 2 is 1.90 bits per heavy atom. The van der Waals surface area contributed by atoms with Crippen molar-refractivity contribution in [3.05, 3.63) is 53.1 Å². The second-order valence-corrected chi connectivity index (χ2v) is 8.36. The maximum absolute atomic E-state index is 12.7. The molecule has 2 heterocycles. The first kappa shape index (κ1) is 19.7. The molecule has 0 atom stereocenters. The Bertz CT molecular complexity index is 1040. The molecular formula is C21H20ClN3O3S. The van der Waals surface area contributed by atoms with E-state index in [4.69, 9.17) is 16.3 Å². The molecule has 8 heteroatoms. The third kappa shape index (κ3) is 4.21. The van der Waals surface area contributed by atoms with E-state index in [1.807, 2.05) is 18.2 Å². The number of carbonyl (C=O) groups is 2. The van der Waals surface area contributed by atoms with E-state index >= 15 is 0 Å². The number of hydrogen-bond acceptors (Lipinski definition) is 5. The van der Waals surface area contributed by atoms with Gasteiger partial charge in [-0.25, -0.2) is 4.98 Å². The minimum Gasteiger partial charge on any atom is -0.494 e. The van der Waals surface area contributed by atoms with E-state index in [1.54, 1.807) is 36.3 Å². The zero-order chi connectivity index (χ0) is 20.4. The zero-order valence-corrected chi connectivity index (χ0v) is 17.4. The first-order valence-corrected chi connectivity index (χ1v) is 10.5. The van der Waals surface area contributed by atoms with Crippen molar-refractivity contribution in [1.29, 1.82) is 0 Å². The normalized spacial score (nSPS) is 14.8. The Labute approximate surface area is 177 Å². The number of anilines is 1. The monoisotopic (exact) mass is 429 g/mol. The number of carbonyl (C=O) groups excluding carboxylic acids is 2. The van der Waals surface area contributed by atoms with Gasteiger partial charge >= 0.3 is 0 Å². The maximum Gasteiger partial charge on any atom is 0.253 e. The van der Waals surface area contributed by atoms with Crippen LogP contribution >= 0.6 is 22.9 Å². The van der Waals surface area contributed by atoms with E-state index in [2.05, 4.69) is 10.3 Å². The van der Waals surface area contributed by atoms with E-state index < -0.39 is 0 Å². The number of aromatic nitrogens is 1. The number of para-hydroxylation sites is 1. The predicted octanol–water partition coefficient (Wildman–Crippen LogP) is 4.45. The van der Waals surface area contributed by atoms with Crippen molar-refractivity contribution >= 4 is 50.1 Å². The first-order chi connectivity index (χ1) is 14.0. The molecule has 0 bridgehead atoms. The fraction of sp³-hybridized carbons (Fsp3) is 0.286. The maximum atomic E-state index is 12.7. The molecule has 29 heavy (non-hydrogen) atoms. The van der Waals surface area contributed by atoms with Gasteiger partial charge in [0.25, 0.3) is 5.91 Å². The number of nitrogens with one attached hydrogen (secondary N) is 1. The van der Waals surface area contributed by atoms with Gasteiger partial charge in [-0.05, 0) is 49.2 Å². The zero-order valence-electron chi connectivity index (χ0n) is 15.9. The summed E-state index contributed by atoms with van der Waals surface area (Å²) in [6, 6.07) is 12.6. The average Bonchev–Trinajstić information content (AvgIpc) is 3.16. The number of amides is 2. The second kappa shape index (κ2) is 8.39. The smallest absolute Gasteiger partial charge is 0.253 e. The molecule has 0 radical (unpaired) electrons. The number of halogens is 1. The molecule has 1 N–H and O–H groups in total. The molecule has 6 nitrogen and oxygen atoms in total. The van der Waals surface area contributed by atoms with Crippen LogP contribution in [0.2, 0.25) is 5.02 Å². The summed E-state index contributed by atoms with van der Waals surface area (Å²) >= 11 is 7.31. The number of benzene rings is 2. The van der Waals surface area contributed by atoms with Crippen molar-refractivity contribution in [1.82, 2.24) is 9.88 Å². The minimum atomic E-state index is -0.141. The van der Waals surface area contributed by atoms with Gasteiger partial charge in [0.15, 0.2) is 5.13 Å². The molecule has 4 rings (SSSR count). The molecular weight excluding hydrogens is 410 g/mol. The number of piperidine rings is 1. The molecule has 1 aliphatic heterocycles. The van der Waals surface area contributed by atoms with Crippen molar-refractivity contribution in [3.8, 4) is 5.75 Å². The number of ether oxygens (including phenoxy) is 1. The highest BCUT2D eigenvalue weighted by Crippen LogP contribution is 2.32. The van der Waals surface area contributed by atoms with Crippen LogP contribution in [0.4, 0.5) is 5.13 Å². The Morgan fingerprint density at radius 1 is 1.17 bits per heavy atom. The van der Waals surface area contributed by atoms with Crippen LogP contribution in [0.3, 0.4) is 0 Å². The number of fused-ring (bicyclic) bond motifs is 1. The third-order valence-corrected chi connectivity index (χ3v) is 6.26. The van der Waals surface area contributed by atoms with Gasteiger partial charge in [0.1, 0.15) is 11.3 Å². The molecule has 3 aromatic rings. The average molecular weight is 430 g/mol. The van der Waals surface area contributed by atoms with Crippen molar-refractivity contribution in [3.63, 3.8) is 0 Å². The van der Waals surface area contributed by atoms with Crippen LogP contribution in [-0.4, -0.2) is 41.9 Å². The van der Waals surface area contributed by atoms with Crippen molar-refractivity contribution in [2.45, 2.75) is 12.8 Å². The number of methoxy groups -OCH3 is 1. The Kier molecular flexibility index (Phi) is 5.69. The highest BCUT2D eigenvalue weighted by Gasteiger charge is 2.28. The van der Waals surface area contributed by atoms with Crippen LogP contribution < -0.4 is 10.1 Å². The lowest BCUT2D eigenvalue weighted by atomic mass is 9.95. The molecule has 0 unspecified atom stereocenters. The van der Waals surface area contributed by atoms with Gasteiger partial charge in [0.05, 0.1) is 11.8 Å². The molecule has 1 saturated heterocycles. The van der Waals surface area contributed by atoms with Crippen molar-refractivity contribution in [2.24, 2.45) is 5.92 Å². The number of thiazole rings is 1. The highest BCUT2D eigenvalue weighted by atomic mass is 35.5. The summed E-state index contributed by atoms with van der Waals surface area (Å²) in [5.41, 5.74) is 1.36. The number of nitrogens with zero attached hydrogens (tertiary/aromatic N) is 2. The summed E-state index contributed by atoms with van der Waals surface area (Å²) in [4.78, 5) is 31.6. The molecule has 150 valence electrons. The number of hydrogen-bond donors (Lipinski definition) is 1. The summed E-state index contributed by atoms with van der Waals surface area (Å²) in [6.45, 7) is 1.10. The molecule has 0 saturated carbocycles. The second-order valence-electron chi connectivity index (χ2n) is 6.89. The topological polar surface area (TPSA) is 71.5 Å². The van der Waals surface area contributed by atoms with E-state index in [1.165, 1.54) is 11.3 Å². The first-order valence-electron chi connectivity index (χ1n) is 9.34. The van der Waals surface area contributed by atoms with Gasteiger partial charge in [0, 0.05) is 29.6 Å². The van der Waals surface area contributed by atoms with Crippen molar-refractivity contribution in [2.75, 3.05) is 25.5 Å². The van der Waals surface area contributed by atoms with Crippen LogP contribution in [0.25, 0.3) is 10.2 Å². The number of rotatable bonds is 4. The van der Waals surface area contributed by atoms with E-state index in [0.29, 0.717) is 47.4 Å². The van der Waals surface area contributed by atoms with Crippen LogP contribution in [0, 0.1) is 5.92 Å². The highest BCUT2D eigenvalue weighted by molar-refractivity contribution is 7.22. The van der Waals surface area contributed by atoms with Gasteiger partial charge in [0.2, 0.25) is 5.91 Å².